The Balaban J connectivity index is 3.68. The van der Waals surface area contributed by atoms with Crippen LogP contribution in [0.2, 0.25) is 0 Å². The SMILES string of the molecule is COc1c(S(C)(=O)=O)cc(N)c(F)c1Br. The molecule has 0 fully saturated rings. The molecule has 84 valence electrons. The maximum atomic E-state index is 13.3. The van der Waals surface area contributed by atoms with Gasteiger partial charge in [-0.15, -0.1) is 0 Å². The number of ether oxygens (including phenoxy) is 1. The third kappa shape index (κ3) is 2.23. The van der Waals surface area contributed by atoms with Crippen molar-refractivity contribution in [2.24, 2.45) is 0 Å². The first-order chi connectivity index (χ1) is 6.79. The molecule has 7 heteroatoms. The van der Waals surface area contributed by atoms with Crippen molar-refractivity contribution in [1.29, 1.82) is 0 Å². The molecule has 1 aromatic carbocycles. The summed E-state index contributed by atoms with van der Waals surface area (Å²) in [6.07, 6.45) is 0.995. The molecule has 2 N–H and O–H groups in total. The minimum absolute atomic E-state index is 0.0794. The third-order valence-corrected chi connectivity index (χ3v) is 3.57. The number of nitrogen functional groups attached to an aromatic ring is 1. The van der Waals surface area contributed by atoms with Crippen LogP contribution in [0.5, 0.6) is 5.75 Å². The fourth-order valence-electron chi connectivity index (χ4n) is 1.07. The number of hydrogen-bond donors (Lipinski definition) is 1. The molecular weight excluding hydrogens is 289 g/mol. The predicted octanol–water partition coefficient (Wildman–Crippen LogP) is 1.58. The molecule has 1 rings (SSSR count). The first kappa shape index (κ1) is 12.3. The van der Waals surface area contributed by atoms with Gasteiger partial charge in [-0.1, -0.05) is 0 Å². The summed E-state index contributed by atoms with van der Waals surface area (Å²) in [7, 11) is -2.25. The molecular formula is C8H9BrFNO3S. The minimum Gasteiger partial charge on any atom is -0.494 e. The van der Waals surface area contributed by atoms with E-state index in [0.29, 0.717) is 0 Å². The Kier molecular flexibility index (Phi) is 3.25. The van der Waals surface area contributed by atoms with Crippen LogP contribution in [0.1, 0.15) is 0 Å². The van der Waals surface area contributed by atoms with E-state index in [1.165, 1.54) is 7.11 Å². The lowest BCUT2D eigenvalue weighted by atomic mass is 10.3. The van der Waals surface area contributed by atoms with Gasteiger partial charge < -0.3 is 10.5 Å². The smallest absolute Gasteiger partial charge is 0.179 e. The van der Waals surface area contributed by atoms with Gasteiger partial charge in [0.15, 0.2) is 21.4 Å². The largest absolute Gasteiger partial charge is 0.494 e. The Morgan fingerprint density at radius 1 is 1.53 bits per heavy atom. The number of anilines is 1. The van der Waals surface area contributed by atoms with Crippen LogP contribution in [-0.4, -0.2) is 21.8 Å². The second-order valence-corrected chi connectivity index (χ2v) is 5.67. The van der Waals surface area contributed by atoms with Crippen molar-refractivity contribution in [1.82, 2.24) is 0 Å². The van der Waals surface area contributed by atoms with E-state index >= 15 is 0 Å². The zero-order valence-corrected chi connectivity index (χ0v) is 10.4. The van der Waals surface area contributed by atoms with Gasteiger partial charge in [-0.25, -0.2) is 12.8 Å². The highest BCUT2D eigenvalue weighted by molar-refractivity contribution is 9.10. The highest BCUT2D eigenvalue weighted by atomic mass is 79.9. The number of sulfone groups is 1. The van der Waals surface area contributed by atoms with Crippen molar-refractivity contribution < 1.29 is 17.5 Å². The zero-order valence-electron chi connectivity index (χ0n) is 8.04. The Labute approximate surface area is 95.3 Å². The van der Waals surface area contributed by atoms with E-state index in [1.807, 2.05) is 0 Å². The molecule has 0 atom stereocenters. The Hall–Kier alpha value is -0.820. The summed E-state index contributed by atoms with van der Waals surface area (Å²) < 4.78 is 40.7. The molecule has 0 aliphatic carbocycles. The van der Waals surface area contributed by atoms with E-state index in [0.717, 1.165) is 12.3 Å². The summed E-state index contributed by atoms with van der Waals surface area (Å²) in [5.41, 5.74) is 5.07. The van der Waals surface area contributed by atoms with Crippen LogP contribution in [0.15, 0.2) is 15.4 Å². The molecule has 0 aromatic heterocycles. The van der Waals surface area contributed by atoms with Gasteiger partial charge in [0, 0.05) is 6.26 Å². The van der Waals surface area contributed by atoms with Crippen molar-refractivity contribution in [2.75, 3.05) is 19.1 Å². The number of nitrogens with two attached hydrogens (primary N) is 1. The Bertz CT molecular complexity index is 501. The first-order valence-corrected chi connectivity index (χ1v) is 6.49. The summed E-state index contributed by atoms with van der Waals surface area (Å²) in [4.78, 5) is -0.143. The molecule has 0 aliphatic heterocycles. The first-order valence-electron chi connectivity index (χ1n) is 3.80. The van der Waals surface area contributed by atoms with Crippen molar-refractivity contribution in [3.05, 3.63) is 16.4 Å². The lowest BCUT2D eigenvalue weighted by molar-refractivity contribution is 0.396. The Morgan fingerprint density at radius 3 is 2.47 bits per heavy atom. The van der Waals surface area contributed by atoms with E-state index < -0.39 is 15.7 Å². The number of hydrogen-bond acceptors (Lipinski definition) is 4. The number of benzene rings is 1. The van der Waals surface area contributed by atoms with E-state index in [9.17, 15) is 12.8 Å². The van der Waals surface area contributed by atoms with E-state index in [1.54, 1.807) is 0 Å². The standard InChI is InChI=1S/C8H9BrFNO3S/c1-14-8-5(15(2,12)13)3-4(11)7(10)6(8)9/h3H,11H2,1-2H3. The monoisotopic (exact) mass is 297 g/mol. The highest BCUT2D eigenvalue weighted by Crippen LogP contribution is 2.37. The molecule has 0 unspecified atom stereocenters. The molecule has 0 spiro atoms. The second-order valence-electron chi connectivity index (χ2n) is 2.90. The Morgan fingerprint density at radius 2 is 2.07 bits per heavy atom. The fraction of sp³-hybridized carbons (Fsp3) is 0.250. The molecule has 1 aromatic rings. The molecule has 4 nitrogen and oxygen atoms in total. The van der Waals surface area contributed by atoms with E-state index in [-0.39, 0.29) is 20.8 Å². The quantitative estimate of drug-likeness (QED) is 0.665. The molecule has 0 heterocycles. The summed E-state index contributed by atoms with van der Waals surface area (Å²) in [6.45, 7) is 0. The summed E-state index contributed by atoms with van der Waals surface area (Å²) in [5.74, 6) is -0.816. The van der Waals surface area contributed by atoms with Crippen molar-refractivity contribution in [3.8, 4) is 5.75 Å². The normalized spacial score (nSPS) is 11.5. The van der Waals surface area contributed by atoms with Gasteiger partial charge in [0.1, 0.15) is 4.90 Å². The maximum absolute atomic E-state index is 13.3. The van der Waals surface area contributed by atoms with Gasteiger partial charge in [-0.3, -0.25) is 0 Å². The van der Waals surface area contributed by atoms with Crippen LogP contribution in [-0.2, 0) is 9.84 Å². The molecule has 0 aliphatic rings. The molecule has 15 heavy (non-hydrogen) atoms. The minimum atomic E-state index is -3.51. The van der Waals surface area contributed by atoms with Crippen LogP contribution in [0, 0.1) is 5.82 Å². The van der Waals surface area contributed by atoms with Crippen LogP contribution < -0.4 is 10.5 Å². The topological polar surface area (TPSA) is 69.4 Å². The molecule has 0 saturated heterocycles. The van der Waals surface area contributed by atoms with Crippen LogP contribution in [0.4, 0.5) is 10.1 Å². The fourth-order valence-corrected chi connectivity index (χ4v) is 2.67. The summed E-state index contributed by atoms with van der Waals surface area (Å²) in [6, 6.07) is 1.04. The van der Waals surface area contributed by atoms with Crippen LogP contribution >= 0.6 is 15.9 Å². The van der Waals surface area contributed by atoms with Crippen LogP contribution in [0.25, 0.3) is 0 Å². The number of rotatable bonds is 2. The van der Waals surface area contributed by atoms with Gasteiger partial charge in [-0.2, -0.15) is 0 Å². The lowest BCUT2D eigenvalue weighted by Crippen LogP contribution is -2.05. The van der Waals surface area contributed by atoms with Gasteiger partial charge in [-0.05, 0) is 22.0 Å². The average Bonchev–Trinajstić information content (AvgIpc) is 2.12. The second kappa shape index (κ2) is 3.97. The van der Waals surface area contributed by atoms with Gasteiger partial charge in [0.2, 0.25) is 0 Å². The lowest BCUT2D eigenvalue weighted by Gasteiger charge is -2.11. The molecule has 0 saturated carbocycles. The average molecular weight is 298 g/mol. The van der Waals surface area contributed by atoms with E-state index in [2.05, 4.69) is 15.9 Å². The molecule has 0 bridgehead atoms. The van der Waals surface area contributed by atoms with Crippen molar-refractivity contribution >= 4 is 31.5 Å². The van der Waals surface area contributed by atoms with E-state index in [4.69, 9.17) is 10.5 Å². The van der Waals surface area contributed by atoms with Gasteiger partial charge in [0.25, 0.3) is 0 Å². The van der Waals surface area contributed by atoms with Crippen LogP contribution in [0.3, 0.4) is 0 Å². The zero-order chi connectivity index (χ0) is 11.8. The van der Waals surface area contributed by atoms with Gasteiger partial charge in [0.05, 0.1) is 17.3 Å². The number of methoxy groups -OCH3 is 1. The molecule has 0 amide bonds. The predicted molar refractivity (Wildman–Crippen MR) is 58.2 cm³/mol. The van der Waals surface area contributed by atoms with Crippen molar-refractivity contribution in [3.63, 3.8) is 0 Å². The summed E-state index contributed by atoms with van der Waals surface area (Å²) in [5, 5.41) is 0. The molecule has 0 radical (unpaired) electrons. The van der Waals surface area contributed by atoms with Crippen molar-refractivity contribution in [2.45, 2.75) is 4.90 Å². The maximum Gasteiger partial charge on any atom is 0.179 e. The summed E-state index contributed by atoms with van der Waals surface area (Å²) >= 11 is 2.89. The highest BCUT2D eigenvalue weighted by Gasteiger charge is 2.21. The third-order valence-electron chi connectivity index (χ3n) is 1.76. The van der Waals surface area contributed by atoms with Gasteiger partial charge >= 0.3 is 0 Å². The number of halogens is 2.